The first-order valence-electron chi connectivity index (χ1n) is 7.14. The van der Waals surface area contributed by atoms with Crippen molar-refractivity contribution in [2.24, 2.45) is 0 Å². The van der Waals surface area contributed by atoms with E-state index < -0.39 is 5.72 Å². The fraction of sp³-hybridized carbons (Fsp3) is 1.00. The maximum Gasteiger partial charge on any atom is 0.113 e. The molecule has 0 bridgehead atoms. The summed E-state index contributed by atoms with van der Waals surface area (Å²) >= 11 is 0. The zero-order chi connectivity index (χ0) is 11.9. The van der Waals surface area contributed by atoms with Gasteiger partial charge in [0.2, 0.25) is 0 Å². The Bertz CT molecular complexity index is 170. The second-order valence-corrected chi connectivity index (χ2v) is 5.56. The van der Waals surface area contributed by atoms with Crippen molar-refractivity contribution in [1.29, 1.82) is 0 Å². The third kappa shape index (κ3) is 5.86. The van der Waals surface area contributed by atoms with E-state index in [0.717, 1.165) is 12.8 Å². The van der Waals surface area contributed by atoms with Crippen LogP contribution in [0.2, 0.25) is 0 Å². The van der Waals surface area contributed by atoms with E-state index in [4.69, 9.17) is 0 Å². The van der Waals surface area contributed by atoms with Crippen LogP contribution in [0.25, 0.3) is 0 Å². The summed E-state index contributed by atoms with van der Waals surface area (Å²) in [5, 5.41) is 13.6. The van der Waals surface area contributed by atoms with Gasteiger partial charge in [0.05, 0.1) is 0 Å². The van der Waals surface area contributed by atoms with E-state index >= 15 is 0 Å². The maximum atomic E-state index is 10.2. The minimum Gasteiger partial charge on any atom is -0.376 e. The molecule has 0 aliphatic heterocycles. The lowest BCUT2D eigenvalue weighted by Crippen LogP contribution is -2.48. The topological polar surface area (TPSA) is 32.3 Å². The molecule has 0 aromatic carbocycles. The molecule has 0 aromatic rings. The summed E-state index contributed by atoms with van der Waals surface area (Å²) < 4.78 is 0. The van der Waals surface area contributed by atoms with Gasteiger partial charge >= 0.3 is 0 Å². The highest BCUT2D eigenvalue weighted by Crippen LogP contribution is 2.19. The molecule has 0 radical (unpaired) electrons. The second kappa shape index (κ2) is 7.29. The van der Waals surface area contributed by atoms with Gasteiger partial charge in [-0.2, -0.15) is 0 Å². The minimum absolute atomic E-state index is 0.527. The average Bonchev–Trinajstić information content (AvgIpc) is 2.31. The SMILES string of the molecule is CCCC(C)(O)NC1CCCCCCCC1. The first-order valence-corrected chi connectivity index (χ1v) is 7.14. The highest BCUT2D eigenvalue weighted by atomic mass is 16.3. The van der Waals surface area contributed by atoms with E-state index in [1.807, 2.05) is 6.92 Å². The molecule has 96 valence electrons. The van der Waals surface area contributed by atoms with Crippen molar-refractivity contribution in [2.75, 3.05) is 0 Å². The monoisotopic (exact) mass is 227 g/mol. The average molecular weight is 227 g/mol. The molecule has 0 aromatic heterocycles. The van der Waals surface area contributed by atoms with E-state index in [2.05, 4.69) is 12.2 Å². The summed E-state index contributed by atoms with van der Waals surface area (Å²) in [5.41, 5.74) is -0.659. The van der Waals surface area contributed by atoms with Crippen LogP contribution in [0, 0.1) is 0 Å². The van der Waals surface area contributed by atoms with Crippen molar-refractivity contribution < 1.29 is 5.11 Å². The van der Waals surface area contributed by atoms with Gasteiger partial charge < -0.3 is 5.11 Å². The number of rotatable bonds is 4. The molecular formula is C14H29NO. The Morgan fingerprint density at radius 3 is 2.06 bits per heavy atom. The van der Waals surface area contributed by atoms with Gasteiger partial charge in [-0.25, -0.2) is 0 Å². The molecule has 0 amide bonds. The zero-order valence-electron chi connectivity index (χ0n) is 11.1. The van der Waals surface area contributed by atoms with E-state index in [1.165, 1.54) is 51.4 Å². The molecule has 16 heavy (non-hydrogen) atoms. The molecule has 2 N–H and O–H groups in total. The molecule has 0 heterocycles. The Morgan fingerprint density at radius 2 is 1.56 bits per heavy atom. The molecule has 0 spiro atoms. The third-order valence-corrected chi connectivity index (χ3v) is 3.61. The molecule has 2 nitrogen and oxygen atoms in total. The Labute approximate surface area is 101 Å². The Balaban J connectivity index is 2.36. The van der Waals surface area contributed by atoms with Crippen LogP contribution in [0.3, 0.4) is 0 Å². The van der Waals surface area contributed by atoms with Crippen molar-refractivity contribution >= 4 is 0 Å². The first kappa shape index (κ1) is 14.0. The van der Waals surface area contributed by atoms with Gasteiger partial charge in [-0.05, 0) is 26.2 Å². The smallest absolute Gasteiger partial charge is 0.113 e. The molecule has 1 unspecified atom stereocenters. The summed E-state index contributed by atoms with van der Waals surface area (Å²) in [5.74, 6) is 0. The fourth-order valence-corrected chi connectivity index (χ4v) is 2.78. The molecule has 1 atom stereocenters. The van der Waals surface area contributed by atoms with Crippen molar-refractivity contribution in [3.05, 3.63) is 0 Å². The van der Waals surface area contributed by atoms with E-state index in [-0.39, 0.29) is 0 Å². The normalized spacial score (nSPS) is 24.2. The van der Waals surface area contributed by atoms with Crippen LogP contribution < -0.4 is 5.32 Å². The number of hydrogen-bond donors (Lipinski definition) is 2. The predicted molar refractivity (Wildman–Crippen MR) is 69.4 cm³/mol. The second-order valence-electron chi connectivity index (χ2n) is 5.56. The fourth-order valence-electron chi connectivity index (χ4n) is 2.78. The molecule has 1 aliphatic carbocycles. The lowest BCUT2D eigenvalue weighted by atomic mass is 10.0. The largest absolute Gasteiger partial charge is 0.376 e. The van der Waals surface area contributed by atoms with Crippen LogP contribution in [0.4, 0.5) is 0 Å². The standard InChI is InChI=1S/C14H29NO/c1-3-12-14(2,16)15-13-10-8-6-4-5-7-9-11-13/h13,15-16H,3-12H2,1-2H3. The molecule has 1 fully saturated rings. The highest BCUT2D eigenvalue weighted by Gasteiger charge is 2.22. The van der Waals surface area contributed by atoms with Crippen LogP contribution in [0.15, 0.2) is 0 Å². The van der Waals surface area contributed by atoms with E-state index in [9.17, 15) is 5.11 Å². The molecule has 0 saturated heterocycles. The lowest BCUT2D eigenvalue weighted by molar-refractivity contribution is 0.00105. The van der Waals surface area contributed by atoms with Gasteiger partial charge in [0, 0.05) is 6.04 Å². The Morgan fingerprint density at radius 1 is 1.06 bits per heavy atom. The number of hydrogen-bond acceptors (Lipinski definition) is 2. The van der Waals surface area contributed by atoms with Crippen molar-refractivity contribution in [2.45, 2.75) is 89.8 Å². The minimum atomic E-state index is -0.659. The quantitative estimate of drug-likeness (QED) is 0.719. The lowest BCUT2D eigenvalue weighted by Gasteiger charge is -2.30. The number of nitrogens with one attached hydrogen (secondary N) is 1. The summed E-state index contributed by atoms with van der Waals surface area (Å²) in [6.45, 7) is 4.04. The summed E-state index contributed by atoms with van der Waals surface area (Å²) in [6.07, 6.45) is 12.5. The van der Waals surface area contributed by atoms with Gasteiger partial charge in [0.1, 0.15) is 5.72 Å². The molecule has 1 rings (SSSR count). The van der Waals surface area contributed by atoms with Gasteiger partial charge in [0.25, 0.3) is 0 Å². The van der Waals surface area contributed by atoms with Gasteiger partial charge in [-0.15, -0.1) is 0 Å². The number of aliphatic hydroxyl groups is 1. The predicted octanol–water partition coefficient (Wildman–Crippen LogP) is 3.59. The zero-order valence-corrected chi connectivity index (χ0v) is 11.1. The maximum absolute atomic E-state index is 10.2. The summed E-state index contributed by atoms with van der Waals surface area (Å²) in [7, 11) is 0. The van der Waals surface area contributed by atoms with Crippen LogP contribution in [-0.4, -0.2) is 16.9 Å². The van der Waals surface area contributed by atoms with Crippen molar-refractivity contribution in [3.63, 3.8) is 0 Å². The van der Waals surface area contributed by atoms with Crippen molar-refractivity contribution in [1.82, 2.24) is 5.32 Å². The van der Waals surface area contributed by atoms with Gasteiger partial charge in [-0.1, -0.05) is 51.9 Å². The molecular weight excluding hydrogens is 198 g/mol. The van der Waals surface area contributed by atoms with Gasteiger partial charge in [0.15, 0.2) is 0 Å². The third-order valence-electron chi connectivity index (χ3n) is 3.61. The summed E-state index contributed by atoms with van der Waals surface area (Å²) in [4.78, 5) is 0. The summed E-state index contributed by atoms with van der Waals surface area (Å²) in [6, 6.07) is 0.527. The Kier molecular flexibility index (Phi) is 6.37. The van der Waals surface area contributed by atoms with Crippen LogP contribution in [-0.2, 0) is 0 Å². The van der Waals surface area contributed by atoms with E-state index in [1.54, 1.807) is 0 Å². The Hall–Kier alpha value is -0.0800. The van der Waals surface area contributed by atoms with Crippen LogP contribution in [0.1, 0.15) is 78.1 Å². The van der Waals surface area contributed by atoms with E-state index in [0.29, 0.717) is 6.04 Å². The molecule has 1 aliphatic rings. The van der Waals surface area contributed by atoms with Gasteiger partial charge in [-0.3, -0.25) is 5.32 Å². The van der Waals surface area contributed by atoms with Crippen LogP contribution >= 0.6 is 0 Å². The first-order chi connectivity index (χ1) is 7.64. The van der Waals surface area contributed by atoms with Crippen LogP contribution in [0.5, 0.6) is 0 Å². The molecule has 1 saturated carbocycles. The molecule has 2 heteroatoms. The van der Waals surface area contributed by atoms with Crippen molar-refractivity contribution in [3.8, 4) is 0 Å². The highest BCUT2D eigenvalue weighted by molar-refractivity contribution is 4.77.